The molecule has 7 nitrogen and oxygen atoms in total. The van der Waals surface area contributed by atoms with Crippen molar-refractivity contribution in [1.82, 2.24) is 0 Å². The highest BCUT2D eigenvalue weighted by Crippen LogP contribution is 2.25. The summed E-state index contributed by atoms with van der Waals surface area (Å²) in [6.07, 6.45) is 0. The zero-order valence-corrected chi connectivity index (χ0v) is 16.1. The van der Waals surface area contributed by atoms with E-state index < -0.39 is 0 Å². The van der Waals surface area contributed by atoms with Crippen molar-refractivity contribution in [1.29, 1.82) is 0 Å². The Balaban J connectivity index is 1.58. The van der Waals surface area contributed by atoms with Crippen molar-refractivity contribution in [3.8, 4) is 11.5 Å². The molecule has 148 valence electrons. The zero-order valence-electron chi connectivity index (χ0n) is 16.1. The maximum Gasteiger partial charge on any atom is 0.262 e. The van der Waals surface area contributed by atoms with Gasteiger partial charge in [0.25, 0.3) is 5.91 Å². The molecule has 1 amide bonds. The number of Topliss-reactive ketones (excluding diaryl/α,β-unsaturated/α-hetero) is 1. The van der Waals surface area contributed by atoms with Gasteiger partial charge in [0.05, 0.1) is 25.9 Å². The van der Waals surface area contributed by atoms with E-state index in [0.717, 1.165) is 32.0 Å². The van der Waals surface area contributed by atoms with Gasteiger partial charge in [-0.25, -0.2) is 0 Å². The van der Waals surface area contributed by atoms with Gasteiger partial charge in [-0.1, -0.05) is 0 Å². The topological polar surface area (TPSA) is 77.1 Å². The molecule has 1 fully saturated rings. The summed E-state index contributed by atoms with van der Waals surface area (Å²) in [4.78, 5) is 26.2. The van der Waals surface area contributed by atoms with E-state index in [-0.39, 0.29) is 18.3 Å². The fourth-order valence-corrected chi connectivity index (χ4v) is 2.96. The molecular formula is C21H24N2O5. The molecule has 1 aliphatic heterocycles. The number of methoxy groups -OCH3 is 1. The molecule has 3 rings (SSSR count). The summed E-state index contributed by atoms with van der Waals surface area (Å²) in [5.74, 6) is 0.428. The van der Waals surface area contributed by atoms with E-state index in [4.69, 9.17) is 14.2 Å². The van der Waals surface area contributed by atoms with Gasteiger partial charge in [0.15, 0.2) is 12.4 Å². The van der Waals surface area contributed by atoms with Crippen molar-refractivity contribution in [2.75, 3.05) is 50.2 Å². The van der Waals surface area contributed by atoms with E-state index in [1.165, 1.54) is 14.0 Å². The fourth-order valence-electron chi connectivity index (χ4n) is 2.96. The number of hydrogen-bond acceptors (Lipinski definition) is 6. The van der Waals surface area contributed by atoms with Crippen molar-refractivity contribution in [3.05, 3.63) is 48.0 Å². The van der Waals surface area contributed by atoms with Gasteiger partial charge in [0, 0.05) is 30.5 Å². The molecule has 0 unspecified atom stereocenters. The summed E-state index contributed by atoms with van der Waals surface area (Å²) in [5.41, 5.74) is 2.19. The van der Waals surface area contributed by atoms with Crippen molar-refractivity contribution in [2.24, 2.45) is 0 Å². The van der Waals surface area contributed by atoms with E-state index in [0.29, 0.717) is 22.7 Å². The van der Waals surface area contributed by atoms with Crippen LogP contribution in [0.4, 0.5) is 11.4 Å². The van der Waals surface area contributed by atoms with Gasteiger partial charge < -0.3 is 24.4 Å². The van der Waals surface area contributed by atoms with Gasteiger partial charge in [0.1, 0.15) is 11.5 Å². The van der Waals surface area contributed by atoms with E-state index in [1.54, 1.807) is 18.2 Å². The van der Waals surface area contributed by atoms with Crippen LogP contribution in [0, 0.1) is 0 Å². The van der Waals surface area contributed by atoms with Crippen LogP contribution in [0.25, 0.3) is 0 Å². The molecule has 0 atom stereocenters. The lowest BCUT2D eigenvalue weighted by Crippen LogP contribution is -2.36. The molecule has 28 heavy (non-hydrogen) atoms. The van der Waals surface area contributed by atoms with Gasteiger partial charge in [0.2, 0.25) is 0 Å². The van der Waals surface area contributed by atoms with Crippen molar-refractivity contribution >= 4 is 23.1 Å². The number of carbonyl (C=O) groups is 2. The number of hydrogen-bond donors (Lipinski definition) is 1. The van der Waals surface area contributed by atoms with Crippen LogP contribution >= 0.6 is 0 Å². The third kappa shape index (κ3) is 5.01. The first kappa shape index (κ1) is 19.7. The molecule has 2 aromatic rings. The first-order valence-corrected chi connectivity index (χ1v) is 9.11. The Kier molecular flexibility index (Phi) is 6.49. The Morgan fingerprint density at radius 3 is 2.46 bits per heavy atom. The van der Waals surface area contributed by atoms with E-state index in [9.17, 15) is 9.59 Å². The molecular weight excluding hydrogens is 360 g/mol. The Hall–Kier alpha value is -3.06. The highest BCUT2D eigenvalue weighted by Gasteiger charge is 2.13. The largest absolute Gasteiger partial charge is 0.497 e. The molecule has 0 spiro atoms. The minimum absolute atomic E-state index is 0.142. The lowest BCUT2D eigenvalue weighted by molar-refractivity contribution is -0.118. The number of amides is 1. The average molecular weight is 384 g/mol. The first-order chi connectivity index (χ1) is 13.6. The van der Waals surface area contributed by atoms with Crippen LogP contribution < -0.4 is 19.7 Å². The summed E-state index contributed by atoms with van der Waals surface area (Å²) in [5, 5.41) is 2.80. The third-order valence-electron chi connectivity index (χ3n) is 4.45. The molecule has 0 aliphatic carbocycles. The highest BCUT2D eigenvalue weighted by molar-refractivity contribution is 5.97. The van der Waals surface area contributed by atoms with Crippen LogP contribution in [0.3, 0.4) is 0 Å². The first-order valence-electron chi connectivity index (χ1n) is 9.11. The highest BCUT2D eigenvalue weighted by atomic mass is 16.5. The Morgan fingerprint density at radius 2 is 1.82 bits per heavy atom. The van der Waals surface area contributed by atoms with E-state index in [2.05, 4.69) is 10.2 Å². The van der Waals surface area contributed by atoms with Crippen LogP contribution in [0.5, 0.6) is 11.5 Å². The maximum absolute atomic E-state index is 12.2. The summed E-state index contributed by atoms with van der Waals surface area (Å²) in [6, 6.07) is 12.6. The molecule has 7 heteroatoms. The predicted octanol–water partition coefficient (Wildman–Crippen LogP) is 2.75. The molecule has 2 aromatic carbocycles. The quantitative estimate of drug-likeness (QED) is 0.740. The number of nitrogens with zero attached hydrogens (tertiary/aromatic N) is 1. The van der Waals surface area contributed by atoms with Gasteiger partial charge in [-0.15, -0.1) is 0 Å². The van der Waals surface area contributed by atoms with Crippen LogP contribution in [-0.2, 0) is 9.53 Å². The number of carbonyl (C=O) groups excluding carboxylic acids is 2. The standard InChI is InChI=1S/C21H24N2O5/c1-15(24)19-8-7-18(26-2)13-20(19)28-14-21(25)22-16-3-5-17(6-4-16)23-9-11-27-12-10-23/h3-8,13H,9-12,14H2,1-2H3,(H,22,25). The zero-order chi connectivity index (χ0) is 19.9. The van der Waals surface area contributed by atoms with Crippen LogP contribution in [-0.4, -0.2) is 51.7 Å². The Morgan fingerprint density at radius 1 is 1.11 bits per heavy atom. The number of ketones is 1. The molecule has 1 heterocycles. The monoisotopic (exact) mass is 384 g/mol. The van der Waals surface area contributed by atoms with Crippen molar-refractivity contribution in [3.63, 3.8) is 0 Å². The third-order valence-corrected chi connectivity index (χ3v) is 4.45. The summed E-state index contributed by atoms with van der Waals surface area (Å²) in [7, 11) is 1.53. The lowest BCUT2D eigenvalue weighted by atomic mass is 10.1. The molecule has 0 saturated carbocycles. The normalized spacial score (nSPS) is 13.7. The summed E-state index contributed by atoms with van der Waals surface area (Å²) in [6.45, 7) is 4.41. The van der Waals surface area contributed by atoms with E-state index in [1.807, 2.05) is 24.3 Å². The molecule has 1 aliphatic rings. The van der Waals surface area contributed by atoms with Gasteiger partial charge in [-0.05, 0) is 43.3 Å². The van der Waals surface area contributed by atoms with Gasteiger partial charge >= 0.3 is 0 Å². The van der Waals surface area contributed by atoms with Crippen LogP contribution in [0.2, 0.25) is 0 Å². The molecule has 0 bridgehead atoms. The van der Waals surface area contributed by atoms with E-state index >= 15 is 0 Å². The minimum Gasteiger partial charge on any atom is -0.497 e. The number of anilines is 2. The number of morpholine rings is 1. The number of rotatable bonds is 7. The second kappa shape index (κ2) is 9.23. The Labute approximate surface area is 164 Å². The predicted molar refractivity (Wildman–Crippen MR) is 107 cm³/mol. The molecule has 0 radical (unpaired) electrons. The van der Waals surface area contributed by atoms with Crippen molar-refractivity contribution in [2.45, 2.75) is 6.92 Å². The second-order valence-electron chi connectivity index (χ2n) is 6.40. The smallest absolute Gasteiger partial charge is 0.262 e. The summed E-state index contributed by atoms with van der Waals surface area (Å²) < 4.78 is 16.1. The second-order valence-corrected chi connectivity index (χ2v) is 6.40. The fraction of sp³-hybridized carbons (Fsp3) is 0.333. The van der Waals surface area contributed by atoms with Crippen LogP contribution in [0.15, 0.2) is 42.5 Å². The molecule has 1 N–H and O–H groups in total. The van der Waals surface area contributed by atoms with Gasteiger partial charge in [-0.2, -0.15) is 0 Å². The summed E-state index contributed by atoms with van der Waals surface area (Å²) >= 11 is 0. The number of nitrogens with one attached hydrogen (secondary N) is 1. The number of ether oxygens (including phenoxy) is 3. The Bertz CT molecular complexity index is 829. The SMILES string of the molecule is COc1ccc(C(C)=O)c(OCC(=O)Nc2ccc(N3CCOCC3)cc2)c1. The average Bonchev–Trinajstić information content (AvgIpc) is 2.73. The molecule has 1 saturated heterocycles. The lowest BCUT2D eigenvalue weighted by Gasteiger charge is -2.28. The molecule has 0 aromatic heterocycles. The minimum atomic E-state index is -0.309. The van der Waals surface area contributed by atoms with Crippen molar-refractivity contribution < 1.29 is 23.8 Å². The number of benzene rings is 2. The van der Waals surface area contributed by atoms with Crippen LogP contribution in [0.1, 0.15) is 17.3 Å². The van der Waals surface area contributed by atoms with Gasteiger partial charge in [-0.3, -0.25) is 9.59 Å². The maximum atomic E-state index is 12.2.